The molecule has 1 aromatic rings. The zero-order valence-electron chi connectivity index (χ0n) is 10.6. The second-order valence-corrected chi connectivity index (χ2v) is 5.47. The Morgan fingerprint density at radius 3 is 2.94 bits per heavy atom. The van der Waals surface area contributed by atoms with Gasteiger partial charge in [0.1, 0.15) is 0 Å². The van der Waals surface area contributed by atoms with Crippen molar-refractivity contribution in [3.8, 4) is 0 Å². The van der Waals surface area contributed by atoms with Gasteiger partial charge in [-0.05, 0) is 48.9 Å². The summed E-state index contributed by atoms with van der Waals surface area (Å²) in [6, 6.07) is 5.57. The Kier molecular flexibility index (Phi) is 2.98. The molecule has 1 saturated carbocycles. The van der Waals surface area contributed by atoms with Crippen LogP contribution in [0.15, 0.2) is 18.2 Å². The average molecular weight is 245 g/mol. The number of aryl methyl sites for hydroxylation is 1. The maximum absolute atomic E-state index is 11.0. The molecule has 1 aromatic carbocycles. The zero-order valence-corrected chi connectivity index (χ0v) is 10.6. The number of carboxylic acid groups (broad SMARTS) is 1. The Balaban J connectivity index is 1.78. The quantitative estimate of drug-likeness (QED) is 0.886. The number of benzene rings is 1. The van der Waals surface area contributed by atoms with Crippen LogP contribution in [0.25, 0.3) is 0 Å². The predicted molar refractivity (Wildman–Crippen MR) is 71.3 cm³/mol. The third kappa shape index (κ3) is 2.35. The Hall–Kier alpha value is -1.51. The van der Waals surface area contributed by atoms with Crippen molar-refractivity contribution in [2.24, 2.45) is 5.92 Å². The number of anilines is 1. The van der Waals surface area contributed by atoms with Crippen LogP contribution in [0.4, 0.5) is 5.69 Å². The van der Waals surface area contributed by atoms with E-state index in [1.54, 1.807) is 6.07 Å². The van der Waals surface area contributed by atoms with Crippen molar-refractivity contribution in [1.29, 1.82) is 0 Å². The fourth-order valence-electron chi connectivity index (χ4n) is 2.79. The molecule has 96 valence electrons. The lowest BCUT2D eigenvalue weighted by Gasteiger charge is -2.31. The van der Waals surface area contributed by atoms with Crippen LogP contribution in [0.2, 0.25) is 0 Å². The molecule has 0 saturated heterocycles. The summed E-state index contributed by atoms with van der Waals surface area (Å²) in [5.74, 6) is 0.126. The normalized spacial score (nSPS) is 18.6. The van der Waals surface area contributed by atoms with Crippen molar-refractivity contribution < 1.29 is 9.90 Å². The molecule has 0 aromatic heterocycles. The van der Waals surface area contributed by atoms with Crippen LogP contribution in [-0.4, -0.2) is 24.2 Å². The molecule has 0 atom stereocenters. The third-order valence-corrected chi connectivity index (χ3v) is 4.05. The van der Waals surface area contributed by atoms with E-state index in [-0.39, 0.29) is 0 Å². The number of fused-ring (bicyclic) bond motifs is 1. The summed E-state index contributed by atoms with van der Waals surface area (Å²) in [5.41, 5.74) is 2.88. The highest BCUT2D eigenvalue weighted by Crippen LogP contribution is 2.34. The number of carbonyl (C=O) groups is 1. The van der Waals surface area contributed by atoms with Gasteiger partial charge in [-0.25, -0.2) is 4.79 Å². The van der Waals surface area contributed by atoms with Gasteiger partial charge in [0, 0.05) is 18.8 Å². The van der Waals surface area contributed by atoms with Gasteiger partial charge in [-0.1, -0.05) is 12.8 Å². The van der Waals surface area contributed by atoms with E-state index in [1.165, 1.54) is 30.5 Å². The molecule has 0 radical (unpaired) electrons. The summed E-state index contributed by atoms with van der Waals surface area (Å²) < 4.78 is 0. The molecule has 3 heteroatoms. The lowest BCUT2D eigenvalue weighted by molar-refractivity contribution is 0.0697. The van der Waals surface area contributed by atoms with Gasteiger partial charge in [0.05, 0.1) is 5.56 Å². The summed E-state index contributed by atoms with van der Waals surface area (Å²) in [7, 11) is 0. The van der Waals surface area contributed by atoms with Gasteiger partial charge in [-0.2, -0.15) is 0 Å². The first-order valence-corrected chi connectivity index (χ1v) is 6.85. The molecule has 1 aliphatic heterocycles. The van der Waals surface area contributed by atoms with Crippen LogP contribution >= 0.6 is 0 Å². The average Bonchev–Trinajstić information content (AvgIpc) is 3.19. The second-order valence-electron chi connectivity index (χ2n) is 5.47. The lowest BCUT2D eigenvalue weighted by atomic mass is 9.99. The summed E-state index contributed by atoms with van der Waals surface area (Å²) in [5, 5.41) is 9.02. The largest absolute Gasteiger partial charge is 0.478 e. The summed E-state index contributed by atoms with van der Waals surface area (Å²) in [4.78, 5) is 13.4. The molecular weight excluding hydrogens is 226 g/mol. The fourth-order valence-corrected chi connectivity index (χ4v) is 2.79. The Morgan fingerprint density at radius 2 is 2.22 bits per heavy atom. The fraction of sp³-hybridized carbons (Fsp3) is 0.533. The van der Waals surface area contributed by atoms with Crippen molar-refractivity contribution in [2.45, 2.75) is 32.1 Å². The number of nitrogens with zero attached hydrogens (tertiary/aromatic N) is 1. The van der Waals surface area contributed by atoms with Crippen molar-refractivity contribution in [2.75, 3.05) is 18.0 Å². The molecule has 1 fully saturated rings. The van der Waals surface area contributed by atoms with Crippen LogP contribution < -0.4 is 4.90 Å². The highest BCUT2D eigenvalue weighted by atomic mass is 16.4. The predicted octanol–water partition coefficient (Wildman–Crippen LogP) is 2.94. The molecule has 2 aliphatic rings. The minimum Gasteiger partial charge on any atom is -0.478 e. The second kappa shape index (κ2) is 4.63. The highest BCUT2D eigenvalue weighted by molar-refractivity contribution is 5.88. The van der Waals surface area contributed by atoms with E-state index in [2.05, 4.69) is 4.90 Å². The smallest absolute Gasteiger partial charge is 0.335 e. The molecule has 1 heterocycles. The van der Waals surface area contributed by atoms with Gasteiger partial charge in [0.2, 0.25) is 0 Å². The van der Waals surface area contributed by atoms with Crippen molar-refractivity contribution in [3.63, 3.8) is 0 Å². The molecule has 1 aliphatic carbocycles. The number of hydrogen-bond acceptors (Lipinski definition) is 2. The first-order valence-electron chi connectivity index (χ1n) is 6.85. The van der Waals surface area contributed by atoms with Gasteiger partial charge in [0.15, 0.2) is 0 Å². The molecule has 3 nitrogen and oxygen atoms in total. The van der Waals surface area contributed by atoms with Crippen molar-refractivity contribution in [3.05, 3.63) is 29.3 Å². The summed E-state index contributed by atoms with van der Waals surface area (Å²) in [6.07, 6.45) is 6.24. The third-order valence-electron chi connectivity index (χ3n) is 4.05. The van der Waals surface area contributed by atoms with Gasteiger partial charge in [-0.3, -0.25) is 0 Å². The van der Waals surface area contributed by atoms with E-state index in [9.17, 15) is 4.79 Å². The van der Waals surface area contributed by atoms with Crippen LogP contribution in [-0.2, 0) is 6.42 Å². The maximum atomic E-state index is 11.0. The zero-order chi connectivity index (χ0) is 12.5. The van der Waals surface area contributed by atoms with E-state index in [1.807, 2.05) is 12.1 Å². The van der Waals surface area contributed by atoms with Crippen LogP contribution in [0.3, 0.4) is 0 Å². The molecule has 0 amide bonds. The highest BCUT2D eigenvalue weighted by Gasteiger charge is 2.24. The topological polar surface area (TPSA) is 40.5 Å². The van der Waals surface area contributed by atoms with Crippen LogP contribution in [0, 0.1) is 5.92 Å². The minimum atomic E-state index is -0.826. The summed E-state index contributed by atoms with van der Waals surface area (Å²) >= 11 is 0. The van der Waals surface area contributed by atoms with E-state index in [0.717, 1.165) is 31.8 Å². The SMILES string of the molecule is O=C(O)c1ccc2c(c1)CCCN2CCC1CC1. The van der Waals surface area contributed by atoms with Gasteiger partial charge in [0.25, 0.3) is 0 Å². The first kappa shape index (κ1) is 11.6. The molecule has 0 unspecified atom stereocenters. The number of hydrogen-bond donors (Lipinski definition) is 1. The lowest BCUT2D eigenvalue weighted by Crippen LogP contribution is -2.30. The van der Waals surface area contributed by atoms with Gasteiger partial charge < -0.3 is 10.0 Å². The van der Waals surface area contributed by atoms with E-state index in [4.69, 9.17) is 5.11 Å². The number of carboxylic acids is 1. The van der Waals surface area contributed by atoms with Crippen molar-refractivity contribution >= 4 is 11.7 Å². The molecule has 1 N–H and O–H groups in total. The van der Waals surface area contributed by atoms with Crippen molar-refractivity contribution in [1.82, 2.24) is 0 Å². The monoisotopic (exact) mass is 245 g/mol. The maximum Gasteiger partial charge on any atom is 0.335 e. The van der Waals surface area contributed by atoms with E-state index >= 15 is 0 Å². The van der Waals surface area contributed by atoms with Crippen LogP contribution in [0.5, 0.6) is 0 Å². The minimum absolute atomic E-state index is 0.415. The summed E-state index contributed by atoms with van der Waals surface area (Å²) in [6.45, 7) is 2.25. The Bertz CT molecular complexity index is 466. The van der Waals surface area contributed by atoms with E-state index < -0.39 is 5.97 Å². The first-order chi connectivity index (χ1) is 8.74. The van der Waals surface area contributed by atoms with Gasteiger partial charge in [-0.15, -0.1) is 0 Å². The van der Waals surface area contributed by atoms with E-state index in [0.29, 0.717) is 5.56 Å². The van der Waals surface area contributed by atoms with Gasteiger partial charge >= 0.3 is 5.97 Å². The number of rotatable bonds is 4. The molecule has 0 spiro atoms. The molecular formula is C15H19NO2. The Labute approximate surface area is 107 Å². The molecule has 0 bridgehead atoms. The standard InChI is InChI=1S/C15H19NO2/c17-15(18)13-5-6-14-12(10-13)2-1-8-16(14)9-7-11-3-4-11/h5-6,10-11H,1-4,7-9H2,(H,17,18). The number of aromatic carboxylic acids is 1. The molecule has 18 heavy (non-hydrogen) atoms. The van der Waals surface area contributed by atoms with Crippen LogP contribution in [0.1, 0.15) is 41.6 Å². The molecule has 3 rings (SSSR count). The Morgan fingerprint density at radius 1 is 1.39 bits per heavy atom.